The van der Waals surface area contributed by atoms with Crippen LogP contribution in [-0.4, -0.2) is 38.9 Å². The van der Waals surface area contributed by atoms with E-state index in [1.165, 1.54) is 11.0 Å². The smallest absolute Gasteiger partial charge is 0.249 e. The number of rotatable bonds is 4. The second-order valence-corrected chi connectivity index (χ2v) is 3.28. The van der Waals surface area contributed by atoms with Crippen LogP contribution in [-0.2, 0) is 4.79 Å². The van der Waals surface area contributed by atoms with Gasteiger partial charge in [0.05, 0.1) is 6.20 Å². The maximum absolute atomic E-state index is 11.9. The van der Waals surface area contributed by atoms with Crippen molar-refractivity contribution in [3.8, 4) is 0 Å². The van der Waals surface area contributed by atoms with E-state index in [2.05, 4.69) is 10.2 Å². The predicted molar refractivity (Wildman–Crippen MR) is 57.1 cm³/mol. The lowest BCUT2D eigenvalue weighted by atomic mass is 10.3. The lowest BCUT2D eigenvalue weighted by Gasteiger charge is -2.22. The van der Waals surface area contributed by atoms with Gasteiger partial charge in [-0.2, -0.15) is 9.90 Å². The third-order valence-electron chi connectivity index (χ3n) is 2.31. The van der Waals surface area contributed by atoms with Crippen LogP contribution in [0.2, 0.25) is 0 Å². The first-order valence-corrected chi connectivity index (χ1v) is 5.06. The van der Waals surface area contributed by atoms with Crippen molar-refractivity contribution in [1.29, 1.82) is 0 Å². The van der Waals surface area contributed by atoms with Crippen molar-refractivity contribution in [3.63, 3.8) is 0 Å². The van der Waals surface area contributed by atoms with Crippen LogP contribution in [0.4, 0.5) is 5.82 Å². The molecule has 0 aromatic carbocycles. The third kappa shape index (κ3) is 2.45. The molecule has 1 atom stereocenters. The second kappa shape index (κ2) is 4.77. The summed E-state index contributed by atoms with van der Waals surface area (Å²) >= 11 is 0. The molecule has 0 bridgehead atoms. The van der Waals surface area contributed by atoms with Crippen molar-refractivity contribution in [2.24, 2.45) is 0 Å². The zero-order chi connectivity index (χ0) is 11.4. The molecule has 1 aromatic rings. The Morgan fingerprint density at radius 2 is 2.20 bits per heavy atom. The normalized spacial score (nSPS) is 12.5. The molecule has 2 N–H and O–H groups in total. The van der Waals surface area contributed by atoms with Gasteiger partial charge in [0.15, 0.2) is 5.82 Å². The molecule has 1 unspecified atom stereocenters. The molecule has 1 rings (SSSR count). The number of hydrogen-bond acceptors (Lipinski definition) is 4. The van der Waals surface area contributed by atoms with Crippen LogP contribution in [0.5, 0.6) is 0 Å². The van der Waals surface area contributed by atoms with Crippen LogP contribution >= 0.6 is 0 Å². The van der Waals surface area contributed by atoms with Gasteiger partial charge in [0, 0.05) is 13.1 Å². The van der Waals surface area contributed by atoms with E-state index >= 15 is 0 Å². The molecule has 6 nitrogen and oxygen atoms in total. The molecule has 15 heavy (non-hydrogen) atoms. The molecular weight excluding hydrogens is 194 g/mol. The molecule has 1 amide bonds. The van der Waals surface area contributed by atoms with Crippen molar-refractivity contribution < 1.29 is 4.79 Å². The van der Waals surface area contributed by atoms with Crippen LogP contribution in [0.3, 0.4) is 0 Å². The van der Waals surface area contributed by atoms with Crippen molar-refractivity contribution in [3.05, 3.63) is 6.20 Å². The van der Waals surface area contributed by atoms with Gasteiger partial charge in [0.1, 0.15) is 6.04 Å². The van der Waals surface area contributed by atoms with Crippen LogP contribution in [0.1, 0.15) is 26.8 Å². The van der Waals surface area contributed by atoms with E-state index in [4.69, 9.17) is 5.73 Å². The zero-order valence-corrected chi connectivity index (χ0v) is 9.34. The SMILES string of the molecule is CCN(CC)C(=O)C(C)n1ncc(N)n1. The Kier molecular flexibility index (Phi) is 3.65. The number of nitrogens with zero attached hydrogens (tertiary/aromatic N) is 4. The first kappa shape index (κ1) is 11.5. The van der Waals surface area contributed by atoms with E-state index < -0.39 is 6.04 Å². The number of carbonyl (C=O) groups is 1. The number of anilines is 1. The lowest BCUT2D eigenvalue weighted by Crippen LogP contribution is -2.36. The highest BCUT2D eigenvalue weighted by molar-refractivity contribution is 5.79. The van der Waals surface area contributed by atoms with Gasteiger partial charge < -0.3 is 10.6 Å². The number of carbonyl (C=O) groups excluding carboxylic acids is 1. The van der Waals surface area contributed by atoms with Gasteiger partial charge >= 0.3 is 0 Å². The number of nitrogen functional groups attached to an aromatic ring is 1. The number of hydrogen-bond donors (Lipinski definition) is 1. The molecule has 6 heteroatoms. The molecule has 0 radical (unpaired) electrons. The van der Waals surface area contributed by atoms with Crippen LogP contribution in [0.15, 0.2) is 6.20 Å². The van der Waals surface area contributed by atoms with E-state index in [9.17, 15) is 4.79 Å². The minimum atomic E-state index is -0.401. The molecule has 0 saturated carbocycles. The summed E-state index contributed by atoms with van der Waals surface area (Å²) < 4.78 is 0. The summed E-state index contributed by atoms with van der Waals surface area (Å²) in [5.74, 6) is 0.338. The zero-order valence-electron chi connectivity index (χ0n) is 9.34. The molecule has 0 fully saturated rings. The molecule has 0 saturated heterocycles. The summed E-state index contributed by atoms with van der Waals surface area (Å²) in [4.78, 5) is 15.0. The first-order chi connectivity index (χ1) is 7.10. The molecule has 84 valence electrons. The Balaban J connectivity index is 2.76. The number of amides is 1. The fourth-order valence-corrected chi connectivity index (χ4v) is 1.37. The Hall–Kier alpha value is -1.59. The maximum Gasteiger partial charge on any atom is 0.249 e. The van der Waals surface area contributed by atoms with E-state index in [1.807, 2.05) is 13.8 Å². The summed E-state index contributed by atoms with van der Waals surface area (Å²) in [6.07, 6.45) is 1.44. The largest absolute Gasteiger partial charge is 0.381 e. The highest BCUT2D eigenvalue weighted by Gasteiger charge is 2.21. The first-order valence-electron chi connectivity index (χ1n) is 5.06. The molecule has 1 heterocycles. The average molecular weight is 211 g/mol. The molecule has 0 aliphatic heterocycles. The highest BCUT2D eigenvalue weighted by Crippen LogP contribution is 2.08. The van der Waals surface area contributed by atoms with E-state index in [0.717, 1.165) is 0 Å². The summed E-state index contributed by atoms with van der Waals surface area (Å²) in [5.41, 5.74) is 5.44. The predicted octanol–water partition coefficient (Wildman–Crippen LogP) is 0.290. The minimum Gasteiger partial charge on any atom is -0.381 e. The third-order valence-corrected chi connectivity index (χ3v) is 2.31. The molecular formula is C9H17N5O. The topological polar surface area (TPSA) is 77.0 Å². The Morgan fingerprint density at radius 3 is 2.60 bits per heavy atom. The number of likely N-dealkylation sites (N-methyl/N-ethyl adjacent to an activating group) is 1. The molecule has 1 aromatic heterocycles. The van der Waals surface area contributed by atoms with Crippen LogP contribution in [0, 0.1) is 0 Å². The summed E-state index contributed by atoms with van der Waals surface area (Å²) in [6.45, 7) is 7.03. The highest BCUT2D eigenvalue weighted by atomic mass is 16.2. The molecule has 0 aliphatic carbocycles. The minimum absolute atomic E-state index is 0.00981. The van der Waals surface area contributed by atoms with Crippen LogP contribution in [0.25, 0.3) is 0 Å². The van der Waals surface area contributed by atoms with Crippen molar-refractivity contribution >= 4 is 11.7 Å². The summed E-state index contributed by atoms with van der Waals surface area (Å²) in [6, 6.07) is -0.401. The fraction of sp³-hybridized carbons (Fsp3) is 0.667. The van der Waals surface area contributed by atoms with Gasteiger partial charge in [-0.25, -0.2) is 0 Å². The van der Waals surface area contributed by atoms with E-state index in [1.54, 1.807) is 11.8 Å². The quantitative estimate of drug-likeness (QED) is 0.776. The van der Waals surface area contributed by atoms with Gasteiger partial charge in [-0.05, 0) is 20.8 Å². The van der Waals surface area contributed by atoms with Gasteiger partial charge in [0.25, 0.3) is 0 Å². The number of aromatic nitrogens is 3. The van der Waals surface area contributed by atoms with E-state index in [0.29, 0.717) is 18.9 Å². The monoisotopic (exact) mass is 211 g/mol. The molecule has 0 spiro atoms. The maximum atomic E-state index is 11.9. The van der Waals surface area contributed by atoms with Crippen LogP contribution < -0.4 is 5.73 Å². The standard InChI is InChI=1S/C9H17N5O/c1-4-13(5-2)9(15)7(3)14-11-6-8(10)12-14/h6-7H,4-5H2,1-3H3,(H2,10,12). The van der Waals surface area contributed by atoms with Gasteiger partial charge in [-0.1, -0.05) is 0 Å². The summed E-state index contributed by atoms with van der Waals surface area (Å²) in [7, 11) is 0. The van der Waals surface area contributed by atoms with Crippen molar-refractivity contribution in [2.45, 2.75) is 26.8 Å². The van der Waals surface area contributed by atoms with Gasteiger partial charge in [0.2, 0.25) is 5.91 Å². The second-order valence-electron chi connectivity index (χ2n) is 3.28. The summed E-state index contributed by atoms with van der Waals surface area (Å²) in [5, 5.41) is 7.84. The Labute approximate surface area is 89.0 Å². The van der Waals surface area contributed by atoms with Gasteiger partial charge in [-0.15, -0.1) is 5.10 Å². The van der Waals surface area contributed by atoms with E-state index in [-0.39, 0.29) is 5.91 Å². The Morgan fingerprint density at radius 1 is 1.60 bits per heavy atom. The van der Waals surface area contributed by atoms with Gasteiger partial charge in [-0.3, -0.25) is 4.79 Å². The fourth-order valence-electron chi connectivity index (χ4n) is 1.37. The average Bonchev–Trinajstić information content (AvgIpc) is 2.65. The number of nitrogens with two attached hydrogens (primary N) is 1. The lowest BCUT2D eigenvalue weighted by molar-refractivity contribution is -0.134. The Bertz CT molecular complexity index is 331. The van der Waals surface area contributed by atoms with Crippen molar-refractivity contribution in [1.82, 2.24) is 19.9 Å². The molecule has 0 aliphatic rings. The van der Waals surface area contributed by atoms with Crippen molar-refractivity contribution in [2.75, 3.05) is 18.8 Å².